The average molecular weight is 316 g/mol. The third kappa shape index (κ3) is 4.85. The van der Waals surface area contributed by atoms with E-state index in [-0.39, 0.29) is 12.4 Å². The summed E-state index contributed by atoms with van der Waals surface area (Å²) in [7, 11) is 3.11. The van der Waals surface area contributed by atoms with E-state index in [0.717, 1.165) is 11.1 Å². The number of hydrogen-bond donors (Lipinski definition) is 0. The second kappa shape index (κ2) is 7.98. The van der Waals surface area contributed by atoms with Crippen molar-refractivity contribution in [1.29, 1.82) is 0 Å². The van der Waals surface area contributed by atoms with Crippen molar-refractivity contribution >= 4 is 12.0 Å². The van der Waals surface area contributed by atoms with Crippen LogP contribution in [0.4, 0.5) is 4.39 Å². The molecule has 0 unspecified atom stereocenters. The summed E-state index contributed by atoms with van der Waals surface area (Å²) >= 11 is 0. The molecule has 0 aromatic heterocycles. The first kappa shape index (κ1) is 16.5. The average Bonchev–Trinajstić information content (AvgIpc) is 2.59. The Kier molecular flexibility index (Phi) is 5.74. The Morgan fingerprint density at radius 3 is 2.48 bits per heavy atom. The molecule has 2 aromatic rings. The number of rotatable bonds is 6. The second-order valence-electron chi connectivity index (χ2n) is 4.68. The Labute approximate surface area is 134 Å². The van der Waals surface area contributed by atoms with E-state index < -0.39 is 5.97 Å². The predicted molar refractivity (Wildman–Crippen MR) is 84.8 cm³/mol. The van der Waals surface area contributed by atoms with Crippen LogP contribution in [0.3, 0.4) is 0 Å². The molecule has 0 saturated carbocycles. The SMILES string of the molecule is COc1ccc(/C=C/C(=O)OCc2ccc(F)cc2)c(OC)c1. The monoisotopic (exact) mass is 316 g/mol. The van der Waals surface area contributed by atoms with Crippen LogP contribution in [0, 0.1) is 5.82 Å². The van der Waals surface area contributed by atoms with E-state index in [9.17, 15) is 9.18 Å². The molecule has 0 aliphatic rings. The van der Waals surface area contributed by atoms with Gasteiger partial charge in [-0.3, -0.25) is 0 Å². The molecule has 120 valence electrons. The first-order valence-electron chi connectivity index (χ1n) is 6.93. The highest BCUT2D eigenvalue weighted by Gasteiger charge is 2.04. The highest BCUT2D eigenvalue weighted by atomic mass is 19.1. The van der Waals surface area contributed by atoms with Gasteiger partial charge in [-0.05, 0) is 35.9 Å². The van der Waals surface area contributed by atoms with Gasteiger partial charge in [0.1, 0.15) is 23.9 Å². The van der Waals surface area contributed by atoms with Crippen molar-refractivity contribution in [3.05, 3.63) is 65.5 Å². The minimum absolute atomic E-state index is 0.0865. The van der Waals surface area contributed by atoms with E-state index in [4.69, 9.17) is 14.2 Å². The maximum absolute atomic E-state index is 12.8. The zero-order valence-electron chi connectivity index (χ0n) is 12.9. The lowest BCUT2D eigenvalue weighted by Crippen LogP contribution is -2.00. The van der Waals surface area contributed by atoms with Gasteiger partial charge >= 0.3 is 5.97 Å². The van der Waals surface area contributed by atoms with Gasteiger partial charge in [-0.1, -0.05) is 12.1 Å². The fourth-order valence-electron chi connectivity index (χ4n) is 1.90. The van der Waals surface area contributed by atoms with Crippen LogP contribution in [0.5, 0.6) is 11.5 Å². The number of hydrogen-bond acceptors (Lipinski definition) is 4. The van der Waals surface area contributed by atoms with Crippen molar-refractivity contribution < 1.29 is 23.4 Å². The Morgan fingerprint density at radius 1 is 1.09 bits per heavy atom. The van der Waals surface area contributed by atoms with Gasteiger partial charge < -0.3 is 14.2 Å². The Bertz CT molecular complexity index is 693. The van der Waals surface area contributed by atoms with Crippen LogP contribution in [0.15, 0.2) is 48.5 Å². The smallest absolute Gasteiger partial charge is 0.331 e. The molecule has 0 bridgehead atoms. The standard InChI is InChI=1S/C18H17FO4/c1-21-16-9-5-14(17(11-16)22-2)6-10-18(20)23-12-13-3-7-15(19)8-4-13/h3-11H,12H2,1-2H3/b10-6+. The van der Waals surface area contributed by atoms with Crippen molar-refractivity contribution in [3.63, 3.8) is 0 Å². The molecule has 0 aliphatic heterocycles. The second-order valence-corrected chi connectivity index (χ2v) is 4.68. The van der Waals surface area contributed by atoms with E-state index in [1.165, 1.54) is 18.2 Å². The normalized spacial score (nSPS) is 10.6. The molecule has 0 atom stereocenters. The maximum Gasteiger partial charge on any atom is 0.331 e. The molecule has 5 heteroatoms. The van der Waals surface area contributed by atoms with Gasteiger partial charge in [0.2, 0.25) is 0 Å². The van der Waals surface area contributed by atoms with E-state index in [1.807, 2.05) is 0 Å². The van der Waals surface area contributed by atoms with Gasteiger partial charge in [-0.25, -0.2) is 9.18 Å². The van der Waals surface area contributed by atoms with Gasteiger partial charge in [0.25, 0.3) is 0 Å². The van der Waals surface area contributed by atoms with Crippen LogP contribution in [0.1, 0.15) is 11.1 Å². The minimum Gasteiger partial charge on any atom is -0.497 e. The molecule has 0 spiro atoms. The van der Waals surface area contributed by atoms with Crippen LogP contribution < -0.4 is 9.47 Å². The molecule has 0 radical (unpaired) electrons. The topological polar surface area (TPSA) is 44.8 Å². The van der Waals surface area contributed by atoms with Gasteiger partial charge in [0, 0.05) is 17.7 Å². The fourth-order valence-corrected chi connectivity index (χ4v) is 1.90. The number of carbonyl (C=O) groups excluding carboxylic acids is 1. The van der Waals surface area contributed by atoms with E-state index >= 15 is 0 Å². The van der Waals surface area contributed by atoms with Crippen molar-refractivity contribution in [1.82, 2.24) is 0 Å². The van der Waals surface area contributed by atoms with Crippen LogP contribution in [-0.2, 0) is 16.1 Å². The van der Waals surface area contributed by atoms with E-state index in [1.54, 1.807) is 50.6 Å². The van der Waals surface area contributed by atoms with Crippen molar-refractivity contribution in [2.45, 2.75) is 6.61 Å². The quantitative estimate of drug-likeness (QED) is 0.603. The largest absolute Gasteiger partial charge is 0.497 e. The molecule has 23 heavy (non-hydrogen) atoms. The Hall–Kier alpha value is -2.82. The van der Waals surface area contributed by atoms with Crippen LogP contribution in [0.25, 0.3) is 6.08 Å². The molecule has 0 amide bonds. The van der Waals surface area contributed by atoms with Crippen LogP contribution >= 0.6 is 0 Å². The third-order valence-corrected chi connectivity index (χ3v) is 3.13. The van der Waals surface area contributed by atoms with Crippen molar-refractivity contribution in [2.75, 3.05) is 14.2 Å². The highest BCUT2D eigenvalue weighted by Crippen LogP contribution is 2.25. The van der Waals surface area contributed by atoms with Crippen LogP contribution in [-0.4, -0.2) is 20.2 Å². The van der Waals surface area contributed by atoms with E-state index in [2.05, 4.69) is 0 Å². The number of halogens is 1. The van der Waals surface area contributed by atoms with E-state index in [0.29, 0.717) is 11.5 Å². The van der Waals surface area contributed by atoms with Crippen molar-refractivity contribution in [2.24, 2.45) is 0 Å². The molecule has 0 N–H and O–H groups in total. The lowest BCUT2D eigenvalue weighted by atomic mass is 10.1. The number of esters is 1. The number of methoxy groups -OCH3 is 2. The summed E-state index contributed by atoms with van der Waals surface area (Å²) in [5.41, 5.74) is 1.45. The summed E-state index contributed by atoms with van der Waals surface area (Å²) < 4.78 is 28.2. The number of ether oxygens (including phenoxy) is 3. The molecular weight excluding hydrogens is 299 g/mol. The summed E-state index contributed by atoms with van der Waals surface area (Å²) in [5.74, 6) is 0.434. The summed E-state index contributed by atoms with van der Waals surface area (Å²) in [6, 6.07) is 11.1. The molecule has 2 aromatic carbocycles. The molecule has 0 heterocycles. The molecule has 0 saturated heterocycles. The molecule has 0 aliphatic carbocycles. The summed E-state index contributed by atoms with van der Waals surface area (Å²) in [5, 5.41) is 0. The summed E-state index contributed by atoms with van der Waals surface area (Å²) in [4.78, 5) is 11.7. The Balaban J connectivity index is 1.96. The van der Waals surface area contributed by atoms with Gasteiger partial charge in [-0.15, -0.1) is 0 Å². The predicted octanol–water partition coefficient (Wildman–Crippen LogP) is 3.60. The molecule has 0 fully saturated rings. The molecule has 4 nitrogen and oxygen atoms in total. The summed E-state index contributed by atoms with van der Waals surface area (Å²) in [6.45, 7) is 0.0865. The first-order chi connectivity index (χ1) is 11.1. The number of carbonyl (C=O) groups is 1. The Morgan fingerprint density at radius 2 is 1.83 bits per heavy atom. The lowest BCUT2D eigenvalue weighted by molar-refractivity contribution is -0.138. The zero-order chi connectivity index (χ0) is 16.7. The van der Waals surface area contributed by atoms with Crippen molar-refractivity contribution in [3.8, 4) is 11.5 Å². The molecular formula is C18H17FO4. The third-order valence-electron chi connectivity index (χ3n) is 3.13. The van der Waals surface area contributed by atoms with Gasteiger partial charge in [-0.2, -0.15) is 0 Å². The zero-order valence-corrected chi connectivity index (χ0v) is 12.9. The number of benzene rings is 2. The molecule has 2 rings (SSSR count). The first-order valence-corrected chi connectivity index (χ1v) is 6.93. The minimum atomic E-state index is -0.493. The van der Waals surface area contributed by atoms with Gasteiger partial charge in [0.15, 0.2) is 0 Å². The highest BCUT2D eigenvalue weighted by molar-refractivity contribution is 5.87. The summed E-state index contributed by atoms with van der Waals surface area (Å²) in [6.07, 6.45) is 2.92. The lowest BCUT2D eigenvalue weighted by Gasteiger charge is -2.07. The fraction of sp³-hybridized carbons (Fsp3) is 0.167. The van der Waals surface area contributed by atoms with Gasteiger partial charge in [0.05, 0.1) is 14.2 Å². The van der Waals surface area contributed by atoms with Crippen LogP contribution in [0.2, 0.25) is 0 Å². The maximum atomic E-state index is 12.8.